The molecule has 1 aromatic rings. The standard InChI is InChI=1S/C12H17N3O3/c13-7-9-3-4-10(18-9)12(17)14-6-5-11(16)15-8-1-2-8/h3-4,8H,1-2,5-7,13H2,(H,14,17)(H,15,16). The average molecular weight is 251 g/mol. The van der Waals surface area contributed by atoms with Crippen molar-refractivity contribution in [1.82, 2.24) is 10.6 Å². The summed E-state index contributed by atoms with van der Waals surface area (Å²) >= 11 is 0. The minimum atomic E-state index is -0.325. The van der Waals surface area contributed by atoms with E-state index in [1.807, 2.05) is 0 Å². The van der Waals surface area contributed by atoms with Crippen LogP contribution in [0, 0.1) is 0 Å². The van der Waals surface area contributed by atoms with Crippen molar-refractivity contribution in [2.24, 2.45) is 5.73 Å². The minimum absolute atomic E-state index is 0.0279. The topological polar surface area (TPSA) is 97.4 Å². The lowest BCUT2D eigenvalue weighted by Gasteiger charge is -2.04. The summed E-state index contributed by atoms with van der Waals surface area (Å²) in [6.45, 7) is 0.563. The molecule has 98 valence electrons. The lowest BCUT2D eigenvalue weighted by Crippen LogP contribution is -2.31. The maximum absolute atomic E-state index is 11.6. The molecule has 0 saturated heterocycles. The van der Waals surface area contributed by atoms with Gasteiger partial charge in [0.05, 0.1) is 6.54 Å². The van der Waals surface area contributed by atoms with E-state index in [1.54, 1.807) is 12.1 Å². The van der Waals surface area contributed by atoms with Crippen LogP contribution in [0.2, 0.25) is 0 Å². The minimum Gasteiger partial charge on any atom is -0.455 e. The fourth-order valence-electron chi connectivity index (χ4n) is 1.51. The summed E-state index contributed by atoms with van der Waals surface area (Å²) < 4.78 is 5.19. The van der Waals surface area contributed by atoms with Gasteiger partial charge in [-0.05, 0) is 25.0 Å². The van der Waals surface area contributed by atoms with E-state index in [4.69, 9.17) is 10.2 Å². The Hall–Kier alpha value is -1.82. The lowest BCUT2D eigenvalue weighted by molar-refractivity contribution is -0.121. The Morgan fingerprint density at radius 1 is 1.39 bits per heavy atom. The van der Waals surface area contributed by atoms with Crippen molar-refractivity contribution in [2.75, 3.05) is 6.54 Å². The molecular formula is C12H17N3O3. The summed E-state index contributed by atoms with van der Waals surface area (Å²) in [5, 5.41) is 5.48. The summed E-state index contributed by atoms with van der Waals surface area (Å²) in [5.41, 5.74) is 5.38. The zero-order valence-corrected chi connectivity index (χ0v) is 10.1. The van der Waals surface area contributed by atoms with E-state index in [0.717, 1.165) is 12.8 Å². The normalized spacial score (nSPS) is 14.3. The van der Waals surface area contributed by atoms with Gasteiger partial charge in [-0.2, -0.15) is 0 Å². The predicted octanol–water partition coefficient (Wildman–Crippen LogP) is 0.137. The number of rotatable bonds is 6. The number of nitrogens with one attached hydrogen (secondary N) is 2. The Kier molecular flexibility index (Phi) is 3.99. The van der Waals surface area contributed by atoms with Crippen LogP contribution in [0.3, 0.4) is 0 Å². The molecule has 0 bridgehead atoms. The average Bonchev–Trinajstić information content (AvgIpc) is 3.03. The highest BCUT2D eigenvalue weighted by Crippen LogP contribution is 2.18. The van der Waals surface area contributed by atoms with E-state index in [-0.39, 0.29) is 30.5 Å². The van der Waals surface area contributed by atoms with Crippen LogP contribution in [0.25, 0.3) is 0 Å². The van der Waals surface area contributed by atoms with Crippen LogP contribution >= 0.6 is 0 Å². The SMILES string of the molecule is NCc1ccc(C(=O)NCCC(=O)NC2CC2)o1. The van der Waals surface area contributed by atoms with Crippen molar-refractivity contribution in [3.63, 3.8) is 0 Å². The van der Waals surface area contributed by atoms with Gasteiger partial charge in [0.1, 0.15) is 5.76 Å². The number of hydrogen-bond donors (Lipinski definition) is 3. The van der Waals surface area contributed by atoms with Crippen molar-refractivity contribution >= 4 is 11.8 Å². The van der Waals surface area contributed by atoms with Gasteiger partial charge in [0.15, 0.2) is 5.76 Å². The summed E-state index contributed by atoms with van der Waals surface area (Å²) in [6, 6.07) is 3.58. The summed E-state index contributed by atoms with van der Waals surface area (Å²) in [4.78, 5) is 23.0. The van der Waals surface area contributed by atoms with Crippen molar-refractivity contribution in [1.29, 1.82) is 0 Å². The van der Waals surface area contributed by atoms with Gasteiger partial charge in [-0.15, -0.1) is 0 Å². The van der Waals surface area contributed by atoms with Gasteiger partial charge in [-0.1, -0.05) is 0 Å². The maximum atomic E-state index is 11.6. The number of furan rings is 1. The monoisotopic (exact) mass is 251 g/mol. The molecule has 1 aliphatic carbocycles. The van der Waals surface area contributed by atoms with E-state index < -0.39 is 0 Å². The highest BCUT2D eigenvalue weighted by molar-refractivity contribution is 5.91. The Bertz CT molecular complexity index is 438. The van der Waals surface area contributed by atoms with Crippen molar-refractivity contribution in [3.8, 4) is 0 Å². The third-order valence-electron chi connectivity index (χ3n) is 2.67. The third kappa shape index (κ3) is 3.59. The molecule has 1 aliphatic rings. The molecule has 0 aliphatic heterocycles. The Morgan fingerprint density at radius 3 is 2.78 bits per heavy atom. The summed E-state index contributed by atoms with van der Waals surface area (Å²) in [7, 11) is 0. The van der Waals surface area contributed by atoms with Gasteiger partial charge in [0, 0.05) is 19.0 Å². The largest absolute Gasteiger partial charge is 0.455 e. The van der Waals surface area contributed by atoms with Gasteiger partial charge >= 0.3 is 0 Å². The van der Waals surface area contributed by atoms with Gasteiger partial charge in [0.2, 0.25) is 5.91 Å². The summed E-state index contributed by atoms with van der Waals surface area (Å²) in [5.74, 6) is 0.429. The van der Waals surface area contributed by atoms with Crippen LogP contribution in [-0.2, 0) is 11.3 Å². The fourth-order valence-corrected chi connectivity index (χ4v) is 1.51. The molecule has 6 nitrogen and oxygen atoms in total. The fraction of sp³-hybridized carbons (Fsp3) is 0.500. The highest BCUT2D eigenvalue weighted by Gasteiger charge is 2.22. The molecule has 6 heteroatoms. The Morgan fingerprint density at radius 2 is 2.17 bits per heavy atom. The van der Waals surface area contributed by atoms with Gasteiger partial charge < -0.3 is 20.8 Å². The highest BCUT2D eigenvalue weighted by atomic mass is 16.4. The first-order chi connectivity index (χ1) is 8.69. The van der Waals surface area contributed by atoms with Gasteiger partial charge in [-0.25, -0.2) is 0 Å². The van der Waals surface area contributed by atoms with E-state index in [9.17, 15) is 9.59 Å². The van der Waals surface area contributed by atoms with E-state index in [1.165, 1.54) is 0 Å². The molecule has 1 fully saturated rings. The number of amides is 2. The molecular weight excluding hydrogens is 234 g/mol. The van der Waals surface area contributed by atoms with Gasteiger partial charge in [0.25, 0.3) is 5.91 Å². The number of nitrogens with two attached hydrogens (primary N) is 1. The lowest BCUT2D eigenvalue weighted by atomic mass is 10.3. The first-order valence-corrected chi connectivity index (χ1v) is 6.05. The van der Waals surface area contributed by atoms with Crippen LogP contribution in [0.1, 0.15) is 35.6 Å². The molecule has 0 spiro atoms. The van der Waals surface area contributed by atoms with E-state index in [2.05, 4.69) is 10.6 Å². The molecule has 2 amide bonds. The van der Waals surface area contributed by atoms with Crippen LogP contribution in [0.5, 0.6) is 0 Å². The molecule has 1 heterocycles. The Labute approximate surface area is 105 Å². The van der Waals surface area contributed by atoms with E-state index >= 15 is 0 Å². The second-order valence-corrected chi connectivity index (χ2v) is 4.32. The molecule has 0 aromatic carbocycles. The second kappa shape index (κ2) is 5.68. The number of carbonyl (C=O) groups is 2. The first kappa shape index (κ1) is 12.6. The second-order valence-electron chi connectivity index (χ2n) is 4.32. The molecule has 0 atom stereocenters. The third-order valence-corrected chi connectivity index (χ3v) is 2.67. The zero-order valence-electron chi connectivity index (χ0n) is 10.1. The Balaban J connectivity index is 1.68. The molecule has 1 aromatic heterocycles. The maximum Gasteiger partial charge on any atom is 0.287 e. The number of carbonyl (C=O) groups excluding carboxylic acids is 2. The van der Waals surface area contributed by atoms with Crippen LogP contribution in [-0.4, -0.2) is 24.4 Å². The van der Waals surface area contributed by atoms with Crippen molar-refractivity contribution in [3.05, 3.63) is 23.7 Å². The molecule has 4 N–H and O–H groups in total. The summed E-state index contributed by atoms with van der Waals surface area (Å²) in [6.07, 6.45) is 2.41. The van der Waals surface area contributed by atoms with Crippen molar-refractivity contribution < 1.29 is 14.0 Å². The van der Waals surface area contributed by atoms with Gasteiger partial charge in [-0.3, -0.25) is 9.59 Å². The van der Waals surface area contributed by atoms with Crippen LogP contribution < -0.4 is 16.4 Å². The quantitative estimate of drug-likeness (QED) is 0.669. The molecule has 18 heavy (non-hydrogen) atoms. The molecule has 0 radical (unpaired) electrons. The van der Waals surface area contributed by atoms with E-state index in [0.29, 0.717) is 18.3 Å². The number of hydrogen-bond acceptors (Lipinski definition) is 4. The molecule has 1 saturated carbocycles. The molecule has 0 unspecified atom stereocenters. The smallest absolute Gasteiger partial charge is 0.287 e. The molecule has 2 rings (SSSR count). The zero-order chi connectivity index (χ0) is 13.0. The van der Waals surface area contributed by atoms with Crippen LogP contribution in [0.4, 0.5) is 0 Å². The first-order valence-electron chi connectivity index (χ1n) is 6.05. The van der Waals surface area contributed by atoms with Crippen molar-refractivity contribution in [2.45, 2.75) is 31.8 Å². The van der Waals surface area contributed by atoms with Crippen LogP contribution in [0.15, 0.2) is 16.5 Å². The predicted molar refractivity (Wildman–Crippen MR) is 64.7 cm³/mol.